The van der Waals surface area contributed by atoms with Crippen LogP contribution in [-0.4, -0.2) is 24.5 Å². The third-order valence-electron chi connectivity index (χ3n) is 3.31. The van der Waals surface area contributed by atoms with Crippen LogP contribution in [0, 0.1) is 0 Å². The molecule has 0 spiro atoms. The molecule has 0 aliphatic rings. The Morgan fingerprint density at radius 3 is 2.54 bits per heavy atom. The molecule has 24 heavy (non-hydrogen) atoms. The lowest BCUT2D eigenvalue weighted by Gasteiger charge is -2.18. The molecule has 0 bridgehead atoms. The molecule has 1 amide bonds. The van der Waals surface area contributed by atoms with Gasteiger partial charge in [0.25, 0.3) is 5.91 Å². The molecule has 2 aromatic rings. The summed E-state index contributed by atoms with van der Waals surface area (Å²) in [7, 11) is 1.61. The number of amides is 1. The van der Waals surface area contributed by atoms with Crippen molar-refractivity contribution in [2.24, 2.45) is 0 Å². The van der Waals surface area contributed by atoms with Crippen molar-refractivity contribution in [3.63, 3.8) is 0 Å². The highest BCUT2D eigenvalue weighted by atomic mass is 79.9. The van der Waals surface area contributed by atoms with Crippen LogP contribution in [0.3, 0.4) is 0 Å². The van der Waals surface area contributed by atoms with E-state index in [1.54, 1.807) is 7.05 Å². The molecule has 0 aliphatic heterocycles. The van der Waals surface area contributed by atoms with Gasteiger partial charge in [0, 0.05) is 18.1 Å². The molecular weight excluding hydrogens is 387 g/mol. The second-order valence-electron chi connectivity index (χ2n) is 5.16. The van der Waals surface area contributed by atoms with Crippen LogP contribution >= 0.6 is 15.9 Å². The van der Waals surface area contributed by atoms with Crippen LogP contribution in [0.5, 0.6) is 5.75 Å². The maximum absolute atomic E-state index is 12.6. The Bertz CT molecular complexity index is 719. The molecular formula is C17H15BrF3NO2. The summed E-state index contributed by atoms with van der Waals surface area (Å²) in [6.45, 7) is 0.0362. The fraction of sp³-hybridized carbons (Fsp3) is 0.235. The van der Waals surface area contributed by atoms with Crippen molar-refractivity contribution >= 4 is 21.8 Å². The average molecular weight is 402 g/mol. The quantitative estimate of drug-likeness (QED) is 0.737. The molecule has 0 aliphatic carbocycles. The van der Waals surface area contributed by atoms with Crippen LogP contribution < -0.4 is 4.74 Å². The first-order chi connectivity index (χ1) is 11.3. The molecule has 0 saturated heterocycles. The van der Waals surface area contributed by atoms with E-state index in [0.29, 0.717) is 6.54 Å². The zero-order valence-electron chi connectivity index (χ0n) is 12.8. The van der Waals surface area contributed by atoms with Crippen molar-refractivity contribution in [1.29, 1.82) is 0 Å². The molecule has 7 heteroatoms. The predicted molar refractivity (Wildman–Crippen MR) is 87.6 cm³/mol. The Kier molecular flexibility index (Phi) is 5.88. The lowest BCUT2D eigenvalue weighted by atomic mass is 10.2. The Balaban J connectivity index is 1.94. The highest BCUT2D eigenvalue weighted by molar-refractivity contribution is 9.10. The van der Waals surface area contributed by atoms with Gasteiger partial charge in [0.05, 0.1) is 5.56 Å². The number of carbonyl (C=O) groups is 1. The lowest BCUT2D eigenvalue weighted by Crippen LogP contribution is -2.31. The average Bonchev–Trinajstić information content (AvgIpc) is 2.54. The summed E-state index contributed by atoms with van der Waals surface area (Å²) in [5, 5.41) is 0. The summed E-state index contributed by atoms with van der Waals surface area (Å²) in [5.41, 5.74) is 0.112. The summed E-state index contributed by atoms with van der Waals surface area (Å²) in [5.74, 6) is -0.323. The van der Waals surface area contributed by atoms with Gasteiger partial charge in [0.15, 0.2) is 6.61 Å². The highest BCUT2D eigenvalue weighted by Gasteiger charge is 2.30. The van der Waals surface area contributed by atoms with Gasteiger partial charge in [-0.2, -0.15) is 13.2 Å². The van der Waals surface area contributed by atoms with E-state index in [1.165, 1.54) is 17.0 Å². The number of likely N-dealkylation sites (N-methyl/N-ethyl adjacent to an activating group) is 1. The molecule has 2 aromatic carbocycles. The normalized spacial score (nSPS) is 11.2. The number of ether oxygens (including phenoxy) is 1. The predicted octanol–water partition coefficient (Wildman–Crippen LogP) is 4.51. The van der Waals surface area contributed by atoms with Crippen molar-refractivity contribution in [3.8, 4) is 5.75 Å². The van der Waals surface area contributed by atoms with E-state index in [4.69, 9.17) is 4.74 Å². The molecule has 0 saturated carbocycles. The first-order valence-electron chi connectivity index (χ1n) is 7.05. The monoisotopic (exact) mass is 401 g/mol. The zero-order valence-corrected chi connectivity index (χ0v) is 14.4. The summed E-state index contributed by atoms with van der Waals surface area (Å²) >= 11 is 3.40. The minimum Gasteiger partial charge on any atom is -0.484 e. The van der Waals surface area contributed by atoms with Crippen molar-refractivity contribution in [3.05, 3.63) is 64.1 Å². The van der Waals surface area contributed by atoms with Crippen molar-refractivity contribution in [2.75, 3.05) is 13.7 Å². The SMILES string of the molecule is CN(Cc1ccccc1Br)C(=O)COc1cccc(C(F)(F)F)c1. The summed E-state index contributed by atoms with van der Waals surface area (Å²) in [6, 6.07) is 11.9. The van der Waals surface area contributed by atoms with E-state index >= 15 is 0 Å². The van der Waals surface area contributed by atoms with Gasteiger partial charge in [0.2, 0.25) is 0 Å². The molecule has 0 heterocycles. The van der Waals surface area contributed by atoms with E-state index < -0.39 is 11.7 Å². The van der Waals surface area contributed by atoms with Gasteiger partial charge in [-0.3, -0.25) is 4.79 Å². The fourth-order valence-electron chi connectivity index (χ4n) is 1.99. The number of nitrogens with zero attached hydrogens (tertiary/aromatic N) is 1. The number of hydrogen-bond acceptors (Lipinski definition) is 2. The number of rotatable bonds is 5. The van der Waals surface area contributed by atoms with Crippen LogP contribution in [0.1, 0.15) is 11.1 Å². The molecule has 0 atom stereocenters. The Morgan fingerprint density at radius 1 is 1.17 bits per heavy atom. The molecule has 0 fully saturated rings. The van der Waals surface area contributed by atoms with Crippen LogP contribution in [0.4, 0.5) is 13.2 Å². The number of carbonyl (C=O) groups excluding carboxylic acids is 1. The highest BCUT2D eigenvalue weighted by Crippen LogP contribution is 2.31. The first-order valence-corrected chi connectivity index (χ1v) is 7.84. The van der Waals surface area contributed by atoms with Crippen molar-refractivity contribution < 1.29 is 22.7 Å². The van der Waals surface area contributed by atoms with E-state index in [1.807, 2.05) is 24.3 Å². The number of alkyl halides is 3. The van der Waals surface area contributed by atoms with Gasteiger partial charge in [-0.1, -0.05) is 40.2 Å². The summed E-state index contributed by atoms with van der Waals surface area (Å²) < 4.78 is 44.0. The number of hydrogen-bond donors (Lipinski definition) is 0. The summed E-state index contributed by atoms with van der Waals surface area (Å²) in [6.07, 6.45) is -4.44. The maximum Gasteiger partial charge on any atom is 0.416 e. The van der Waals surface area contributed by atoms with E-state index in [2.05, 4.69) is 15.9 Å². The van der Waals surface area contributed by atoms with Gasteiger partial charge in [-0.15, -0.1) is 0 Å². The second kappa shape index (κ2) is 7.70. The number of benzene rings is 2. The molecule has 0 aromatic heterocycles. The maximum atomic E-state index is 12.6. The number of halogens is 4. The van der Waals surface area contributed by atoms with Crippen LogP contribution in [-0.2, 0) is 17.5 Å². The van der Waals surface area contributed by atoms with Crippen molar-refractivity contribution in [1.82, 2.24) is 4.90 Å². The van der Waals surface area contributed by atoms with Gasteiger partial charge >= 0.3 is 6.18 Å². The van der Waals surface area contributed by atoms with Crippen molar-refractivity contribution in [2.45, 2.75) is 12.7 Å². The molecule has 2 rings (SSSR count). The topological polar surface area (TPSA) is 29.5 Å². The van der Waals surface area contributed by atoms with E-state index in [0.717, 1.165) is 22.2 Å². The molecule has 0 N–H and O–H groups in total. The van der Waals surface area contributed by atoms with Crippen LogP contribution in [0.15, 0.2) is 53.0 Å². The Labute approximate surface area is 146 Å². The first kappa shape index (κ1) is 18.3. The van der Waals surface area contributed by atoms with Gasteiger partial charge in [-0.25, -0.2) is 0 Å². The molecule has 128 valence electrons. The Hall–Kier alpha value is -2.02. The van der Waals surface area contributed by atoms with Crippen LogP contribution in [0.2, 0.25) is 0 Å². The molecule has 0 radical (unpaired) electrons. The third kappa shape index (κ3) is 4.99. The van der Waals surface area contributed by atoms with E-state index in [-0.39, 0.29) is 18.3 Å². The fourth-order valence-corrected chi connectivity index (χ4v) is 2.40. The third-order valence-corrected chi connectivity index (χ3v) is 4.09. The minimum atomic E-state index is -4.44. The molecule has 0 unspecified atom stereocenters. The van der Waals surface area contributed by atoms with E-state index in [9.17, 15) is 18.0 Å². The second-order valence-corrected chi connectivity index (χ2v) is 6.01. The van der Waals surface area contributed by atoms with Crippen LogP contribution in [0.25, 0.3) is 0 Å². The Morgan fingerprint density at radius 2 is 1.88 bits per heavy atom. The largest absolute Gasteiger partial charge is 0.484 e. The lowest BCUT2D eigenvalue weighted by molar-refractivity contribution is -0.137. The standard InChI is InChI=1S/C17H15BrF3NO2/c1-22(10-12-5-2-3-8-15(12)18)16(23)11-24-14-7-4-6-13(9-14)17(19,20)21/h2-9H,10-11H2,1H3. The van der Waals surface area contributed by atoms with Gasteiger partial charge < -0.3 is 9.64 Å². The van der Waals surface area contributed by atoms with Gasteiger partial charge in [-0.05, 0) is 29.8 Å². The van der Waals surface area contributed by atoms with Gasteiger partial charge in [0.1, 0.15) is 5.75 Å². The zero-order chi connectivity index (χ0) is 17.7. The molecule has 3 nitrogen and oxygen atoms in total. The smallest absolute Gasteiger partial charge is 0.416 e. The summed E-state index contributed by atoms with van der Waals surface area (Å²) in [4.78, 5) is 13.5. The minimum absolute atomic E-state index is 0.00691.